The predicted molar refractivity (Wildman–Crippen MR) is 137 cm³/mol. The number of halogens is 2. The minimum absolute atomic E-state index is 0.0247. The standard InChI is InChI=1S/C24H29Cl2N3O5S/c1-3-34-24(31)18-10-7-13-29(15-18)20-12-11-19(27-23(30)22(25)26)14-21(20)35(32,33)28-16(2)17-8-5-4-6-9-17/h4-6,8-9,11-12,14,16,18,22,28H,3,7,10,13,15H2,1-2H3,(H,27,30)/t16-,18+/m0/s1. The van der Waals surface area contributed by atoms with Gasteiger partial charge in [0, 0.05) is 24.8 Å². The Bertz CT molecular complexity index is 1150. The molecule has 0 radical (unpaired) electrons. The normalized spacial score (nSPS) is 17.2. The van der Waals surface area contributed by atoms with E-state index in [1.165, 1.54) is 6.07 Å². The zero-order chi connectivity index (χ0) is 25.6. The number of carbonyl (C=O) groups excluding carboxylic acids is 2. The molecule has 11 heteroatoms. The Hall–Kier alpha value is -2.33. The van der Waals surface area contributed by atoms with Crippen LogP contribution in [0.5, 0.6) is 0 Å². The molecular weight excluding hydrogens is 513 g/mol. The lowest BCUT2D eigenvalue weighted by atomic mass is 9.97. The number of benzene rings is 2. The number of sulfonamides is 1. The molecule has 0 spiro atoms. The number of esters is 1. The SMILES string of the molecule is CCOC(=O)[C@@H]1CCCN(c2ccc(NC(=O)C(Cl)Cl)cc2S(=O)(=O)N[C@@H](C)c2ccccc2)C1. The van der Waals surface area contributed by atoms with Gasteiger partial charge in [0.15, 0.2) is 4.84 Å². The molecule has 8 nitrogen and oxygen atoms in total. The van der Waals surface area contributed by atoms with Crippen molar-refractivity contribution in [2.24, 2.45) is 5.92 Å². The lowest BCUT2D eigenvalue weighted by Gasteiger charge is -2.34. The molecule has 1 aliphatic rings. The number of nitrogens with one attached hydrogen (secondary N) is 2. The number of alkyl halides is 2. The van der Waals surface area contributed by atoms with Crippen molar-refractivity contribution < 1.29 is 22.7 Å². The summed E-state index contributed by atoms with van der Waals surface area (Å²) in [6.45, 7) is 4.69. The monoisotopic (exact) mass is 541 g/mol. The average Bonchev–Trinajstić information content (AvgIpc) is 2.84. The summed E-state index contributed by atoms with van der Waals surface area (Å²) in [5.41, 5.74) is 1.46. The van der Waals surface area contributed by atoms with Gasteiger partial charge in [-0.25, -0.2) is 13.1 Å². The van der Waals surface area contributed by atoms with Crippen LogP contribution < -0.4 is 14.9 Å². The maximum Gasteiger partial charge on any atom is 0.310 e. The van der Waals surface area contributed by atoms with Crippen LogP contribution in [0.4, 0.5) is 11.4 Å². The van der Waals surface area contributed by atoms with Crippen LogP contribution in [-0.2, 0) is 24.3 Å². The molecule has 1 heterocycles. The van der Waals surface area contributed by atoms with Gasteiger partial charge in [-0.1, -0.05) is 53.5 Å². The highest BCUT2D eigenvalue weighted by Crippen LogP contribution is 2.33. The molecular formula is C24H29Cl2N3O5S. The van der Waals surface area contributed by atoms with Crippen LogP contribution in [0.15, 0.2) is 53.4 Å². The van der Waals surface area contributed by atoms with E-state index in [1.54, 1.807) is 26.0 Å². The molecule has 1 amide bonds. The van der Waals surface area contributed by atoms with Gasteiger partial charge < -0.3 is 15.0 Å². The van der Waals surface area contributed by atoms with E-state index < -0.39 is 26.8 Å². The van der Waals surface area contributed by atoms with Crippen LogP contribution in [0.3, 0.4) is 0 Å². The summed E-state index contributed by atoms with van der Waals surface area (Å²) in [6, 6.07) is 13.2. The second-order valence-corrected chi connectivity index (χ2v) is 11.0. The van der Waals surface area contributed by atoms with E-state index in [1.807, 2.05) is 35.2 Å². The van der Waals surface area contributed by atoms with Gasteiger partial charge in [-0.3, -0.25) is 9.59 Å². The van der Waals surface area contributed by atoms with E-state index in [0.717, 1.165) is 5.56 Å². The Morgan fingerprint density at radius 1 is 1.17 bits per heavy atom. The third kappa shape index (κ3) is 7.10. The van der Waals surface area contributed by atoms with Gasteiger partial charge in [-0.05, 0) is 50.5 Å². The van der Waals surface area contributed by atoms with E-state index in [4.69, 9.17) is 27.9 Å². The number of amides is 1. The first-order chi connectivity index (χ1) is 16.6. The van der Waals surface area contributed by atoms with Crippen molar-refractivity contribution in [3.63, 3.8) is 0 Å². The summed E-state index contributed by atoms with van der Waals surface area (Å²) in [5, 5.41) is 2.53. The van der Waals surface area contributed by atoms with Gasteiger partial charge in [0.25, 0.3) is 5.91 Å². The van der Waals surface area contributed by atoms with Gasteiger partial charge >= 0.3 is 5.97 Å². The third-order valence-corrected chi connectivity index (χ3v) is 7.69. The molecule has 1 saturated heterocycles. The number of piperidine rings is 1. The summed E-state index contributed by atoms with van der Waals surface area (Å²) in [5.74, 6) is -1.32. The van der Waals surface area contributed by atoms with E-state index >= 15 is 0 Å². The second-order valence-electron chi connectivity index (χ2n) is 8.26. The first-order valence-corrected chi connectivity index (χ1v) is 13.7. The Balaban J connectivity index is 1.97. The summed E-state index contributed by atoms with van der Waals surface area (Å²) >= 11 is 11.3. The molecule has 2 atom stereocenters. The van der Waals surface area contributed by atoms with E-state index in [9.17, 15) is 18.0 Å². The lowest BCUT2D eigenvalue weighted by Crippen LogP contribution is -2.40. The largest absolute Gasteiger partial charge is 0.466 e. The molecule has 190 valence electrons. The van der Waals surface area contributed by atoms with E-state index in [2.05, 4.69) is 10.0 Å². The summed E-state index contributed by atoms with van der Waals surface area (Å²) in [4.78, 5) is 24.9. The number of anilines is 2. The van der Waals surface area contributed by atoms with Crippen molar-refractivity contribution in [3.05, 3.63) is 54.1 Å². The summed E-state index contributed by atoms with van der Waals surface area (Å²) in [7, 11) is -4.04. The van der Waals surface area contributed by atoms with Crippen LogP contribution in [0.25, 0.3) is 0 Å². The minimum Gasteiger partial charge on any atom is -0.466 e. The number of ether oxygens (including phenoxy) is 1. The van der Waals surface area contributed by atoms with E-state index in [-0.39, 0.29) is 29.1 Å². The van der Waals surface area contributed by atoms with Crippen LogP contribution in [0.1, 0.15) is 38.3 Å². The van der Waals surface area contributed by atoms with Crippen molar-refractivity contribution in [1.29, 1.82) is 0 Å². The Kier molecular flexibility index (Phi) is 9.40. The highest BCUT2D eigenvalue weighted by Gasteiger charge is 2.31. The molecule has 1 aliphatic heterocycles. The highest BCUT2D eigenvalue weighted by atomic mass is 35.5. The molecule has 0 unspecified atom stereocenters. The molecule has 2 N–H and O–H groups in total. The number of hydrogen-bond acceptors (Lipinski definition) is 6. The third-order valence-electron chi connectivity index (χ3n) is 5.73. The topological polar surface area (TPSA) is 105 Å². The molecule has 2 aromatic carbocycles. The van der Waals surface area contributed by atoms with Crippen molar-refractivity contribution in [3.8, 4) is 0 Å². The first kappa shape index (κ1) is 27.3. The van der Waals surface area contributed by atoms with Crippen LogP contribution in [0.2, 0.25) is 0 Å². The number of carbonyl (C=O) groups is 2. The quantitative estimate of drug-likeness (QED) is 0.363. The molecule has 35 heavy (non-hydrogen) atoms. The van der Waals surface area contributed by atoms with Crippen molar-refractivity contribution in [1.82, 2.24) is 4.72 Å². The van der Waals surface area contributed by atoms with Crippen molar-refractivity contribution in [2.45, 2.75) is 42.5 Å². The average molecular weight is 542 g/mol. The number of nitrogens with zero attached hydrogens (tertiary/aromatic N) is 1. The fraction of sp³-hybridized carbons (Fsp3) is 0.417. The van der Waals surface area contributed by atoms with Gasteiger partial charge in [0.05, 0.1) is 18.2 Å². The molecule has 2 aromatic rings. The second kappa shape index (κ2) is 12.1. The van der Waals surface area contributed by atoms with Gasteiger partial charge in [0.1, 0.15) is 4.90 Å². The Labute approximate surface area is 216 Å². The van der Waals surface area contributed by atoms with Crippen LogP contribution in [-0.4, -0.2) is 44.8 Å². The lowest BCUT2D eigenvalue weighted by molar-refractivity contribution is -0.148. The van der Waals surface area contributed by atoms with Crippen molar-refractivity contribution in [2.75, 3.05) is 29.9 Å². The predicted octanol–water partition coefficient (Wildman–Crippen LogP) is 4.25. The Morgan fingerprint density at radius 2 is 1.89 bits per heavy atom. The molecule has 1 fully saturated rings. The molecule has 0 aromatic heterocycles. The van der Waals surface area contributed by atoms with Crippen molar-refractivity contribution >= 4 is 56.5 Å². The zero-order valence-electron chi connectivity index (χ0n) is 19.5. The number of hydrogen-bond donors (Lipinski definition) is 2. The van der Waals surface area contributed by atoms with Crippen LogP contribution >= 0.6 is 23.2 Å². The zero-order valence-corrected chi connectivity index (χ0v) is 21.9. The fourth-order valence-corrected chi connectivity index (χ4v) is 5.61. The highest BCUT2D eigenvalue weighted by molar-refractivity contribution is 7.89. The van der Waals surface area contributed by atoms with Gasteiger partial charge in [-0.15, -0.1) is 0 Å². The molecule has 0 saturated carbocycles. The van der Waals surface area contributed by atoms with Crippen LogP contribution in [0, 0.1) is 5.92 Å². The first-order valence-electron chi connectivity index (χ1n) is 11.3. The maximum atomic E-state index is 13.6. The van der Waals surface area contributed by atoms with Gasteiger partial charge in [-0.2, -0.15) is 0 Å². The summed E-state index contributed by atoms with van der Waals surface area (Å²) < 4.78 is 35.0. The van der Waals surface area contributed by atoms with Gasteiger partial charge in [0.2, 0.25) is 10.0 Å². The minimum atomic E-state index is -4.04. The molecule has 3 rings (SSSR count). The molecule has 0 aliphatic carbocycles. The van der Waals surface area contributed by atoms with E-state index in [0.29, 0.717) is 31.6 Å². The number of rotatable bonds is 9. The molecule has 0 bridgehead atoms. The maximum absolute atomic E-state index is 13.6. The summed E-state index contributed by atoms with van der Waals surface area (Å²) in [6.07, 6.45) is 1.37. The smallest absolute Gasteiger partial charge is 0.310 e. The Morgan fingerprint density at radius 3 is 2.54 bits per heavy atom. The fourth-order valence-electron chi connectivity index (χ4n) is 4.02.